The highest BCUT2D eigenvalue weighted by molar-refractivity contribution is 9.10. The fraction of sp³-hybridized carbons (Fsp3) is 0.636. The standard InChI is InChI=1S/C11H15BrN2O2S/c12-9-6-17-11(14-9)10(16)13-5-7-2-1-3-8(15)4-7/h6-8,15H,1-5H2,(H,13,16). The molecular formula is C11H15BrN2O2S. The van der Waals surface area contributed by atoms with E-state index in [-0.39, 0.29) is 12.0 Å². The molecule has 2 atom stereocenters. The Morgan fingerprint density at radius 1 is 1.65 bits per heavy atom. The molecule has 17 heavy (non-hydrogen) atoms. The predicted molar refractivity (Wildman–Crippen MR) is 70.1 cm³/mol. The van der Waals surface area contributed by atoms with E-state index in [1.54, 1.807) is 5.38 Å². The molecule has 2 rings (SSSR count). The van der Waals surface area contributed by atoms with Gasteiger partial charge in [-0.1, -0.05) is 6.42 Å². The van der Waals surface area contributed by atoms with E-state index in [2.05, 4.69) is 26.2 Å². The van der Waals surface area contributed by atoms with Crippen LogP contribution in [0.5, 0.6) is 0 Å². The number of hydrogen-bond acceptors (Lipinski definition) is 4. The first-order chi connectivity index (χ1) is 8.15. The van der Waals surface area contributed by atoms with E-state index in [1.807, 2.05) is 0 Å². The van der Waals surface area contributed by atoms with Gasteiger partial charge in [0.25, 0.3) is 5.91 Å². The Balaban J connectivity index is 1.80. The smallest absolute Gasteiger partial charge is 0.280 e. The van der Waals surface area contributed by atoms with Gasteiger partial charge in [0.1, 0.15) is 4.60 Å². The number of carbonyl (C=O) groups excluding carboxylic acids is 1. The van der Waals surface area contributed by atoms with Gasteiger partial charge in [-0.2, -0.15) is 0 Å². The van der Waals surface area contributed by atoms with Crippen LogP contribution in [0.25, 0.3) is 0 Å². The van der Waals surface area contributed by atoms with Crippen molar-refractivity contribution in [1.29, 1.82) is 0 Å². The number of aliphatic hydroxyl groups excluding tert-OH is 1. The fourth-order valence-electron chi connectivity index (χ4n) is 2.12. The van der Waals surface area contributed by atoms with Crippen LogP contribution in [0.4, 0.5) is 0 Å². The molecule has 1 aliphatic rings. The quantitative estimate of drug-likeness (QED) is 0.898. The van der Waals surface area contributed by atoms with Gasteiger partial charge in [-0.15, -0.1) is 11.3 Å². The fourth-order valence-corrected chi connectivity index (χ4v) is 3.29. The largest absolute Gasteiger partial charge is 0.393 e. The number of nitrogens with zero attached hydrogens (tertiary/aromatic N) is 1. The van der Waals surface area contributed by atoms with E-state index in [0.29, 0.717) is 22.1 Å². The molecule has 1 fully saturated rings. The van der Waals surface area contributed by atoms with Crippen LogP contribution in [0.1, 0.15) is 35.5 Å². The van der Waals surface area contributed by atoms with Gasteiger partial charge < -0.3 is 10.4 Å². The lowest BCUT2D eigenvalue weighted by Gasteiger charge is -2.25. The van der Waals surface area contributed by atoms with Crippen molar-refractivity contribution in [2.75, 3.05) is 6.54 Å². The first kappa shape index (κ1) is 13.0. The molecule has 1 aliphatic carbocycles. The summed E-state index contributed by atoms with van der Waals surface area (Å²) in [5, 5.41) is 14.7. The Morgan fingerprint density at radius 3 is 3.12 bits per heavy atom. The third-order valence-corrected chi connectivity index (χ3v) is 4.53. The molecule has 4 nitrogen and oxygen atoms in total. The molecule has 6 heteroatoms. The Hall–Kier alpha value is -0.460. The number of aliphatic hydroxyl groups is 1. The summed E-state index contributed by atoms with van der Waals surface area (Å²) >= 11 is 4.55. The van der Waals surface area contributed by atoms with Gasteiger partial charge in [-0.05, 0) is 41.1 Å². The number of thiazole rings is 1. The maximum atomic E-state index is 11.7. The van der Waals surface area contributed by atoms with Gasteiger partial charge in [-0.25, -0.2) is 4.98 Å². The van der Waals surface area contributed by atoms with Crippen LogP contribution >= 0.6 is 27.3 Å². The second kappa shape index (κ2) is 5.93. The van der Waals surface area contributed by atoms with Gasteiger partial charge in [0, 0.05) is 11.9 Å². The van der Waals surface area contributed by atoms with Crippen molar-refractivity contribution in [3.63, 3.8) is 0 Å². The molecule has 1 aromatic heterocycles. The van der Waals surface area contributed by atoms with Gasteiger partial charge >= 0.3 is 0 Å². The highest BCUT2D eigenvalue weighted by atomic mass is 79.9. The van der Waals surface area contributed by atoms with Gasteiger partial charge in [-0.3, -0.25) is 4.79 Å². The van der Waals surface area contributed by atoms with Crippen molar-refractivity contribution in [3.05, 3.63) is 15.0 Å². The molecule has 0 radical (unpaired) electrons. The summed E-state index contributed by atoms with van der Waals surface area (Å²) in [5.74, 6) is 0.270. The number of nitrogens with one attached hydrogen (secondary N) is 1. The number of halogens is 1. The van der Waals surface area contributed by atoms with E-state index in [4.69, 9.17) is 0 Å². The summed E-state index contributed by atoms with van der Waals surface area (Å²) in [6, 6.07) is 0. The molecule has 0 saturated heterocycles. The molecule has 0 aromatic carbocycles. The maximum Gasteiger partial charge on any atom is 0.280 e. The average Bonchev–Trinajstić information content (AvgIpc) is 2.73. The van der Waals surface area contributed by atoms with E-state index in [1.165, 1.54) is 11.3 Å². The zero-order chi connectivity index (χ0) is 12.3. The van der Waals surface area contributed by atoms with Gasteiger partial charge in [0.2, 0.25) is 0 Å². The monoisotopic (exact) mass is 318 g/mol. The number of amides is 1. The average molecular weight is 319 g/mol. The second-order valence-electron chi connectivity index (χ2n) is 4.37. The van der Waals surface area contributed by atoms with E-state index >= 15 is 0 Å². The van der Waals surface area contributed by atoms with Crippen molar-refractivity contribution < 1.29 is 9.90 Å². The zero-order valence-corrected chi connectivity index (χ0v) is 11.8. The molecule has 1 amide bonds. The number of aromatic nitrogens is 1. The minimum absolute atomic E-state index is 0.124. The van der Waals surface area contributed by atoms with E-state index in [9.17, 15) is 9.90 Å². The summed E-state index contributed by atoms with van der Waals surface area (Å²) in [6.07, 6.45) is 3.62. The van der Waals surface area contributed by atoms with Crippen LogP contribution in [0.3, 0.4) is 0 Å². The molecule has 0 spiro atoms. The van der Waals surface area contributed by atoms with Crippen LogP contribution < -0.4 is 5.32 Å². The van der Waals surface area contributed by atoms with Crippen LogP contribution in [0.15, 0.2) is 9.98 Å². The molecule has 2 N–H and O–H groups in total. The lowest BCUT2D eigenvalue weighted by molar-refractivity contribution is 0.0873. The Bertz CT molecular complexity index is 397. The minimum atomic E-state index is -0.195. The van der Waals surface area contributed by atoms with E-state index in [0.717, 1.165) is 25.7 Å². The number of hydrogen-bond donors (Lipinski definition) is 2. The van der Waals surface area contributed by atoms with Crippen LogP contribution in [0.2, 0.25) is 0 Å². The number of carbonyl (C=O) groups is 1. The molecule has 2 unspecified atom stereocenters. The molecule has 94 valence electrons. The normalized spacial score (nSPS) is 24.6. The third-order valence-electron chi connectivity index (χ3n) is 2.98. The number of rotatable bonds is 3. The van der Waals surface area contributed by atoms with Crippen LogP contribution in [-0.4, -0.2) is 28.6 Å². The lowest BCUT2D eigenvalue weighted by atomic mass is 9.87. The van der Waals surface area contributed by atoms with Crippen molar-refractivity contribution in [3.8, 4) is 0 Å². The molecule has 1 saturated carbocycles. The Morgan fingerprint density at radius 2 is 2.47 bits per heavy atom. The molecule has 1 aromatic rings. The summed E-state index contributed by atoms with van der Waals surface area (Å²) in [5.41, 5.74) is 0. The SMILES string of the molecule is O=C(NCC1CCCC(O)C1)c1nc(Br)cs1. The van der Waals surface area contributed by atoms with Crippen molar-refractivity contribution in [2.24, 2.45) is 5.92 Å². The highest BCUT2D eigenvalue weighted by Gasteiger charge is 2.21. The summed E-state index contributed by atoms with van der Waals surface area (Å²) in [7, 11) is 0. The molecular weight excluding hydrogens is 304 g/mol. The topological polar surface area (TPSA) is 62.2 Å². The summed E-state index contributed by atoms with van der Waals surface area (Å²) in [6.45, 7) is 0.632. The van der Waals surface area contributed by atoms with Crippen molar-refractivity contribution in [2.45, 2.75) is 31.8 Å². The minimum Gasteiger partial charge on any atom is -0.393 e. The Kier molecular flexibility index (Phi) is 4.53. The molecule has 1 heterocycles. The predicted octanol–water partition coefficient (Wildman–Crippen LogP) is 2.19. The Labute approximate surface area is 113 Å². The van der Waals surface area contributed by atoms with Crippen molar-refractivity contribution >= 4 is 33.2 Å². The molecule has 0 bridgehead atoms. The van der Waals surface area contributed by atoms with Crippen LogP contribution in [0, 0.1) is 5.92 Å². The van der Waals surface area contributed by atoms with Crippen LogP contribution in [-0.2, 0) is 0 Å². The maximum absolute atomic E-state index is 11.7. The first-order valence-corrected chi connectivity index (χ1v) is 7.39. The highest BCUT2D eigenvalue weighted by Crippen LogP contribution is 2.23. The summed E-state index contributed by atoms with van der Waals surface area (Å²) in [4.78, 5) is 15.8. The summed E-state index contributed by atoms with van der Waals surface area (Å²) < 4.78 is 0.695. The second-order valence-corrected chi connectivity index (χ2v) is 6.04. The zero-order valence-electron chi connectivity index (χ0n) is 9.36. The third kappa shape index (κ3) is 3.76. The molecule has 0 aliphatic heterocycles. The van der Waals surface area contributed by atoms with Gasteiger partial charge in [0.15, 0.2) is 5.01 Å². The first-order valence-electron chi connectivity index (χ1n) is 5.72. The van der Waals surface area contributed by atoms with Crippen molar-refractivity contribution in [1.82, 2.24) is 10.3 Å². The lowest BCUT2D eigenvalue weighted by Crippen LogP contribution is -2.32. The van der Waals surface area contributed by atoms with E-state index < -0.39 is 0 Å². The van der Waals surface area contributed by atoms with Gasteiger partial charge in [0.05, 0.1) is 6.10 Å².